The Hall–Kier alpha value is -2.41. The molecule has 2 rings (SSSR count). The third-order valence-electron chi connectivity index (χ3n) is 4.18. The van der Waals surface area contributed by atoms with Crippen LogP contribution >= 0.6 is 11.6 Å². The van der Waals surface area contributed by atoms with Gasteiger partial charge in [0.05, 0.1) is 12.6 Å². The molecule has 2 amide bonds. The zero-order valence-electron chi connectivity index (χ0n) is 16.0. The van der Waals surface area contributed by atoms with E-state index in [9.17, 15) is 9.59 Å². The van der Waals surface area contributed by atoms with E-state index in [1.807, 2.05) is 36.4 Å². The van der Waals surface area contributed by atoms with Gasteiger partial charge in [0.15, 0.2) is 0 Å². The Morgan fingerprint density at radius 2 is 1.64 bits per heavy atom. The van der Waals surface area contributed by atoms with Crippen molar-refractivity contribution in [1.82, 2.24) is 10.6 Å². The Morgan fingerprint density at radius 3 is 2.21 bits per heavy atom. The van der Waals surface area contributed by atoms with Gasteiger partial charge in [0, 0.05) is 31.2 Å². The molecule has 0 radical (unpaired) electrons. The first-order valence-corrected chi connectivity index (χ1v) is 9.35. The number of methoxy groups -OCH3 is 1. The lowest BCUT2D eigenvalue weighted by atomic mass is 10.0. The summed E-state index contributed by atoms with van der Waals surface area (Å²) in [6, 6.07) is 14.5. The lowest BCUT2D eigenvalue weighted by Gasteiger charge is -2.18. The summed E-state index contributed by atoms with van der Waals surface area (Å²) in [5, 5.41) is 6.17. The Balaban J connectivity index is 2.00. The summed E-state index contributed by atoms with van der Waals surface area (Å²) < 4.78 is 10.2. The average molecular weight is 405 g/mol. The predicted octanol–water partition coefficient (Wildman–Crippen LogP) is 3.25. The van der Waals surface area contributed by atoms with Crippen LogP contribution in [0.25, 0.3) is 11.1 Å². The highest BCUT2D eigenvalue weighted by atomic mass is 35.5. The van der Waals surface area contributed by atoms with Gasteiger partial charge in [-0.3, -0.25) is 9.59 Å². The molecule has 0 fully saturated rings. The Bertz CT molecular complexity index is 763. The van der Waals surface area contributed by atoms with Crippen molar-refractivity contribution in [3.05, 3.63) is 59.1 Å². The van der Waals surface area contributed by atoms with E-state index in [4.69, 9.17) is 21.1 Å². The van der Waals surface area contributed by atoms with Gasteiger partial charge in [-0.2, -0.15) is 0 Å². The molecule has 0 saturated carbocycles. The van der Waals surface area contributed by atoms with Crippen LogP contribution in [0.1, 0.15) is 23.2 Å². The van der Waals surface area contributed by atoms with Crippen molar-refractivity contribution in [2.24, 2.45) is 0 Å². The molecule has 0 aromatic heterocycles. The molecule has 2 aromatic rings. The number of rotatable bonds is 10. The highest BCUT2D eigenvalue weighted by molar-refractivity contribution is 6.30. The summed E-state index contributed by atoms with van der Waals surface area (Å²) in [7, 11) is 3.11. The monoisotopic (exact) mass is 404 g/mol. The fraction of sp³-hybridized carbons (Fsp3) is 0.333. The van der Waals surface area contributed by atoms with E-state index in [0.29, 0.717) is 23.4 Å². The van der Waals surface area contributed by atoms with Crippen molar-refractivity contribution in [2.45, 2.75) is 18.9 Å². The number of hydrogen-bond donors (Lipinski definition) is 2. The first-order valence-electron chi connectivity index (χ1n) is 8.97. The van der Waals surface area contributed by atoms with E-state index in [2.05, 4.69) is 10.6 Å². The van der Waals surface area contributed by atoms with Crippen molar-refractivity contribution in [2.75, 3.05) is 27.6 Å². The maximum absolute atomic E-state index is 12.6. The average Bonchev–Trinajstić information content (AvgIpc) is 2.72. The van der Waals surface area contributed by atoms with Crippen LogP contribution in [-0.2, 0) is 14.3 Å². The van der Waals surface area contributed by atoms with Crippen LogP contribution in [0.5, 0.6) is 0 Å². The zero-order valence-corrected chi connectivity index (χ0v) is 16.8. The van der Waals surface area contributed by atoms with Gasteiger partial charge in [-0.05, 0) is 41.8 Å². The van der Waals surface area contributed by atoms with E-state index < -0.39 is 0 Å². The Labute approximate surface area is 170 Å². The maximum atomic E-state index is 12.6. The first-order chi connectivity index (χ1) is 13.5. The molecule has 0 heterocycles. The second kappa shape index (κ2) is 11.4. The predicted molar refractivity (Wildman–Crippen MR) is 109 cm³/mol. The fourth-order valence-electron chi connectivity index (χ4n) is 2.63. The number of ether oxygens (including phenoxy) is 2. The molecule has 0 saturated heterocycles. The molecular formula is C21H25ClN2O4. The second-order valence-corrected chi connectivity index (χ2v) is 6.68. The van der Waals surface area contributed by atoms with Gasteiger partial charge in [-0.25, -0.2) is 0 Å². The quantitative estimate of drug-likeness (QED) is 0.470. The molecule has 2 N–H and O–H groups in total. The molecule has 0 aliphatic heterocycles. The second-order valence-electron chi connectivity index (χ2n) is 6.24. The van der Waals surface area contributed by atoms with Crippen molar-refractivity contribution in [3.8, 4) is 11.1 Å². The van der Waals surface area contributed by atoms with Crippen LogP contribution < -0.4 is 10.6 Å². The van der Waals surface area contributed by atoms with E-state index in [0.717, 1.165) is 11.1 Å². The fourth-order valence-corrected chi connectivity index (χ4v) is 2.75. The highest BCUT2D eigenvalue weighted by Crippen LogP contribution is 2.22. The number of carbonyl (C=O) groups excluding carboxylic acids is 2. The molecule has 6 nitrogen and oxygen atoms in total. The van der Waals surface area contributed by atoms with E-state index in [-0.39, 0.29) is 31.3 Å². The smallest absolute Gasteiger partial charge is 0.251 e. The third-order valence-corrected chi connectivity index (χ3v) is 4.43. The summed E-state index contributed by atoms with van der Waals surface area (Å²) in [6.07, 6.45) is 0.769. The minimum atomic E-state index is -0.295. The number of halogens is 1. The highest BCUT2D eigenvalue weighted by Gasteiger charge is 2.16. The van der Waals surface area contributed by atoms with Crippen LogP contribution in [0.15, 0.2) is 48.5 Å². The molecule has 2 aromatic carbocycles. The molecule has 150 valence electrons. The molecule has 0 spiro atoms. The van der Waals surface area contributed by atoms with Gasteiger partial charge >= 0.3 is 0 Å². The number of carbonyl (C=O) groups is 2. The molecule has 1 atom stereocenters. The van der Waals surface area contributed by atoms with Crippen LogP contribution in [0.3, 0.4) is 0 Å². The summed E-state index contributed by atoms with van der Waals surface area (Å²) in [5.74, 6) is -0.302. The van der Waals surface area contributed by atoms with E-state index in [1.54, 1.807) is 19.2 Å². The molecular weight excluding hydrogens is 380 g/mol. The van der Waals surface area contributed by atoms with E-state index >= 15 is 0 Å². The first kappa shape index (κ1) is 21.9. The van der Waals surface area contributed by atoms with Crippen molar-refractivity contribution in [3.63, 3.8) is 0 Å². The minimum absolute atomic E-state index is 0.0849. The normalized spacial score (nSPS) is 11.7. The summed E-state index contributed by atoms with van der Waals surface area (Å²) in [4.78, 5) is 24.1. The summed E-state index contributed by atoms with van der Waals surface area (Å²) in [6.45, 7) is 0.390. The Kier molecular flexibility index (Phi) is 8.94. The van der Waals surface area contributed by atoms with Gasteiger partial charge in [-0.1, -0.05) is 35.9 Å². The number of amides is 2. The zero-order chi connectivity index (χ0) is 20.4. The topological polar surface area (TPSA) is 76.7 Å². The third kappa shape index (κ3) is 6.96. The minimum Gasteiger partial charge on any atom is -0.359 e. The van der Waals surface area contributed by atoms with Gasteiger partial charge in [0.2, 0.25) is 5.91 Å². The SMILES string of the molecule is CNC(=O)CC[C@@H](COCOC)NC(=O)c1ccc(-c2ccc(Cl)cc2)cc1. The standard InChI is InChI=1S/C21H25ClN2O4/c1-23-20(25)12-11-19(13-28-14-27-2)24-21(26)17-5-3-15(4-6-17)16-7-9-18(22)10-8-16/h3-10,19H,11-14H2,1-2H3,(H,23,25)(H,24,26)/t19-/m0/s1. The van der Waals surface area contributed by atoms with Gasteiger partial charge < -0.3 is 20.1 Å². The number of benzene rings is 2. The molecule has 0 aliphatic rings. The lowest BCUT2D eigenvalue weighted by molar-refractivity contribution is -0.120. The van der Waals surface area contributed by atoms with Gasteiger partial charge in [-0.15, -0.1) is 0 Å². The van der Waals surface area contributed by atoms with Crippen LogP contribution in [0.4, 0.5) is 0 Å². The van der Waals surface area contributed by atoms with Crippen molar-refractivity contribution >= 4 is 23.4 Å². The molecule has 7 heteroatoms. The van der Waals surface area contributed by atoms with Gasteiger partial charge in [0.1, 0.15) is 6.79 Å². The van der Waals surface area contributed by atoms with Crippen LogP contribution in [0, 0.1) is 0 Å². The lowest BCUT2D eigenvalue weighted by Crippen LogP contribution is -2.39. The molecule has 28 heavy (non-hydrogen) atoms. The van der Waals surface area contributed by atoms with Crippen LogP contribution in [-0.4, -0.2) is 45.4 Å². The molecule has 0 unspecified atom stereocenters. The maximum Gasteiger partial charge on any atom is 0.251 e. The van der Waals surface area contributed by atoms with Crippen molar-refractivity contribution in [1.29, 1.82) is 0 Å². The summed E-state index contributed by atoms with van der Waals surface area (Å²) in [5.41, 5.74) is 2.55. The molecule has 0 aliphatic carbocycles. The van der Waals surface area contributed by atoms with Crippen molar-refractivity contribution < 1.29 is 19.1 Å². The Morgan fingerprint density at radius 1 is 1.04 bits per heavy atom. The van der Waals surface area contributed by atoms with Gasteiger partial charge in [0.25, 0.3) is 5.91 Å². The van der Waals surface area contributed by atoms with E-state index in [1.165, 1.54) is 7.11 Å². The largest absolute Gasteiger partial charge is 0.359 e. The number of hydrogen-bond acceptors (Lipinski definition) is 4. The van der Waals surface area contributed by atoms with Crippen LogP contribution in [0.2, 0.25) is 5.02 Å². The summed E-state index contributed by atoms with van der Waals surface area (Å²) >= 11 is 5.92. The molecule has 0 bridgehead atoms. The number of nitrogens with one attached hydrogen (secondary N) is 2.